The normalized spacial score (nSPS) is 12.1. The number of rotatable bonds is 12. The zero-order chi connectivity index (χ0) is 30.5. The maximum atomic E-state index is 13.8. The lowest BCUT2D eigenvalue weighted by molar-refractivity contribution is -0.146. The van der Waals surface area contributed by atoms with E-state index in [0.29, 0.717) is 21.6 Å². The molecule has 0 aliphatic rings. The summed E-state index contributed by atoms with van der Waals surface area (Å²) in [4.78, 5) is 53.9. The van der Waals surface area contributed by atoms with E-state index in [2.05, 4.69) is 5.32 Å². The molecule has 3 aromatic carbocycles. The number of nitrogens with zero attached hydrogens (tertiary/aromatic N) is 1. The lowest BCUT2D eigenvalue weighted by atomic mass is 10.0. The lowest BCUT2D eigenvalue weighted by Gasteiger charge is -2.29. The van der Waals surface area contributed by atoms with Crippen molar-refractivity contribution in [2.75, 3.05) is 7.11 Å². The number of phenolic OH excluding ortho intramolecular Hbond substituents is 1. The van der Waals surface area contributed by atoms with Crippen molar-refractivity contribution >= 4 is 24.1 Å². The van der Waals surface area contributed by atoms with Crippen LogP contribution in [0.5, 0.6) is 5.75 Å². The van der Waals surface area contributed by atoms with Crippen LogP contribution in [0.1, 0.15) is 37.0 Å². The number of nitrogens with one attached hydrogen (secondary N) is 1. The third-order valence-corrected chi connectivity index (χ3v) is 6.29. The molecule has 0 aliphatic carbocycles. The van der Waals surface area contributed by atoms with Gasteiger partial charge in [0.15, 0.2) is 0 Å². The number of ether oxygens (including phenoxy) is 3. The minimum Gasteiger partial charge on any atom is -0.508 e. The Hall–Kier alpha value is -4.86. The molecule has 222 valence electrons. The number of aromatic hydroxyl groups is 1. The van der Waals surface area contributed by atoms with Gasteiger partial charge in [-0.1, -0.05) is 86.6 Å². The number of amides is 3. The standard InChI is InChI=1S/C32H36N2O8/c1-22(2)18-27(30(37)40-3)33-29(36)28(19-23-14-16-26(35)17-15-23)34(31(38)41-20-24-10-6-4-7-11-24)32(39)42-21-25-12-8-5-9-13-25/h4-17,22,27-28,35H,18-21H2,1-3H3,(H,33,36)/t27-,28+/m1/s1. The molecular formula is C32H36N2O8. The van der Waals surface area contributed by atoms with E-state index in [-0.39, 0.29) is 37.7 Å². The van der Waals surface area contributed by atoms with Crippen LogP contribution in [-0.2, 0) is 43.4 Å². The maximum absolute atomic E-state index is 13.8. The Bertz CT molecular complexity index is 1260. The van der Waals surface area contributed by atoms with Crippen molar-refractivity contribution in [3.05, 3.63) is 102 Å². The van der Waals surface area contributed by atoms with Gasteiger partial charge in [-0.3, -0.25) is 4.79 Å². The van der Waals surface area contributed by atoms with E-state index >= 15 is 0 Å². The van der Waals surface area contributed by atoms with E-state index in [4.69, 9.17) is 14.2 Å². The average Bonchev–Trinajstić information content (AvgIpc) is 2.99. The number of hydrogen-bond donors (Lipinski definition) is 2. The summed E-state index contributed by atoms with van der Waals surface area (Å²) in [5.74, 6) is -1.42. The highest BCUT2D eigenvalue weighted by Gasteiger charge is 2.39. The smallest absolute Gasteiger partial charge is 0.420 e. The van der Waals surface area contributed by atoms with Crippen molar-refractivity contribution in [1.29, 1.82) is 0 Å². The van der Waals surface area contributed by atoms with Crippen molar-refractivity contribution < 1.29 is 38.5 Å². The average molecular weight is 577 g/mol. The number of methoxy groups -OCH3 is 1. The number of benzene rings is 3. The molecular weight excluding hydrogens is 540 g/mol. The number of esters is 1. The predicted octanol–water partition coefficient (Wildman–Crippen LogP) is 4.98. The highest BCUT2D eigenvalue weighted by Crippen LogP contribution is 2.18. The van der Waals surface area contributed by atoms with Gasteiger partial charge >= 0.3 is 18.2 Å². The molecule has 2 N–H and O–H groups in total. The molecule has 10 heteroatoms. The molecule has 10 nitrogen and oxygen atoms in total. The van der Waals surface area contributed by atoms with E-state index in [1.54, 1.807) is 60.7 Å². The molecule has 0 fully saturated rings. The van der Waals surface area contributed by atoms with Crippen LogP contribution >= 0.6 is 0 Å². The second-order valence-corrected chi connectivity index (χ2v) is 10.1. The molecule has 0 bridgehead atoms. The Morgan fingerprint density at radius 3 is 1.71 bits per heavy atom. The van der Waals surface area contributed by atoms with Crippen LogP contribution in [-0.4, -0.2) is 53.3 Å². The molecule has 0 radical (unpaired) electrons. The Kier molecular flexibility index (Phi) is 11.9. The maximum Gasteiger partial charge on any atom is 0.420 e. The molecule has 0 aliphatic heterocycles. The Morgan fingerprint density at radius 1 is 0.762 bits per heavy atom. The minimum absolute atomic E-state index is 0.00355. The summed E-state index contributed by atoms with van der Waals surface area (Å²) in [5, 5.41) is 12.4. The zero-order valence-electron chi connectivity index (χ0n) is 23.9. The van der Waals surface area contributed by atoms with Gasteiger partial charge in [0.05, 0.1) is 7.11 Å². The SMILES string of the molecule is COC(=O)[C@@H](CC(C)C)NC(=O)[C@H](Cc1ccc(O)cc1)N(C(=O)OCc1ccccc1)C(=O)OCc1ccccc1. The third kappa shape index (κ3) is 9.65. The summed E-state index contributed by atoms with van der Waals surface area (Å²) in [5.41, 5.74) is 1.87. The van der Waals surface area contributed by atoms with Gasteiger partial charge in [-0.15, -0.1) is 0 Å². The fourth-order valence-electron chi connectivity index (χ4n) is 4.16. The topological polar surface area (TPSA) is 131 Å². The first-order valence-corrected chi connectivity index (χ1v) is 13.5. The molecule has 3 rings (SSSR count). The van der Waals surface area contributed by atoms with E-state index in [1.807, 2.05) is 26.0 Å². The number of imide groups is 1. The van der Waals surface area contributed by atoms with E-state index < -0.39 is 36.1 Å². The van der Waals surface area contributed by atoms with Crippen molar-refractivity contribution in [3.63, 3.8) is 0 Å². The Balaban J connectivity index is 1.96. The molecule has 0 heterocycles. The number of hydrogen-bond acceptors (Lipinski definition) is 8. The summed E-state index contributed by atoms with van der Waals surface area (Å²) in [6.45, 7) is 3.44. The highest BCUT2D eigenvalue weighted by atomic mass is 16.6. The fraction of sp³-hybridized carbons (Fsp3) is 0.312. The van der Waals surface area contributed by atoms with Crippen LogP contribution in [0.4, 0.5) is 9.59 Å². The first-order chi connectivity index (χ1) is 20.2. The summed E-state index contributed by atoms with van der Waals surface area (Å²) in [6.07, 6.45) is -2.09. The van der Waals surface area contributed by atoms with Crippen LogP contribution in [0.2, 0.25) is 0 Å². The summed E-state index contributed by atoms with van der Waals surface area (Å²) >= 11 is 0. The van der Waals surface area contributed by atoms with Crippen molar-refractivity contribution in [3.8, 4) is 5.75 Å². The van der Waals surface area contributed by atoms with Gasteiger partial charge in [-0.25, -0.2) is 14.4 Å². The van der Waals surface area contributed by atoms with Gasteiger partial charge in [0.1, 0.15) is 31.0 Å². The number of phenols is 1. The van der Waals surface area contributed by atoms with Gasteiger partial charge in [0.25, 0.3) is 0 Å². The fourth-order valence-corrected chi connectivity index (χ4v) is 4.16. The lowest BCUT2D eigenvalue weighted by Crippen LogP contribution is -2.56. The van der Waals surface area contributed by atoms with Crippen LogP contribution in [0.25, 0.3) is 0 Å². The van der Waals surface area contributed by atoms with Crippen molar-refractivity contribution in [2.24, 2.45) is 5.92 Å². The predicted molar refractivity (Wildman–Crippen MR) is 154 cm³/mol. The van der Waals surface area contributed by atoms with E-state index in [1.165, 1.54) is 19.2 Å². The second-order valence-electron chi connectivity index (χ2n) is 10.1. The first kappa shape index (κ1) is 31.7. The highest BCUT2D eigenvalue weighted by molar-refractivity contribution is 5.96. The van der Waals surface area contributed by atoms with Gasteiger partial charge in [0, 0.05) is 6.42 Å². The molecule has 2 atom stereocenters. The number of carbonyl (C=O) groups excluding carboxylic acids is 4. The molecule has 3 amide bonds. The molecule has 0 saturated heterocycles. The van der Waals surface area contributed by atoms with Crippen LogP contribution in [0.3, 0.4) is 0 Å². The van der Waals surface area contributed by atoms with Gasteiger partial charge in [0.2, 0.25) is 5.91 Å². The van der Waals surface area contributed by atoms with E-state index in [9.17, 15) is 24.3 Å². The molecule has 0 aromatic heterocycles. The van der Waals surface area contributed by atoms with Crippen LogP contribution in [0.15, 0.2) is 84.9 Å². The van der Waals surface area contributed by atoms with Crippen LogP contribution in [0, 0.1) is 5.92 Å². The molecule has 0 spiro atoms. The molecule has 0 saturated carbocycles. The van der Waals surface area contributed by atoms with Gasteiger partial charge in [-0.2, -0.15) is 4.90 Å². The van der Waals surface area contributed by atoms with Crippen molar-refractivity contribution in [1.82, 2.24) is 10.2 Å². The quantitative estimate of drug-likeness (QED) is 0.228. The minimum atomic E-state index is -1.47. The second kappa shape index (κ2) is 15.8. The monoisotopic (exact) mass is 576 g/mol. The molecule has 3 aromatic rings. The van der Waals surface area contributed by atoms with Gasteiger partial charge in [-0.05, 0) is 41.2 Å². The molecule has 42 heavy (non-hydrogen) atoms. The molecule has 0 unspecified atom stereocenters. The Morgan fingerprint density at radius 2 is 1.26 bits per heavy atom. The summed E-state index contributed by atoms with van der Waals surface area (Å²) in [6, 6.07) is 21.2. The van der Waals surface area contributed by atoms with E-state index in [0.717, 1.165) is 0 Å². The third-order valence-electron chi connectivity index (χ3n) is 6.29. The number of carbonyl (C=O) groups is 4. The van der Waals surface area contributed by atoms with Crippen LogP contribution < -0.4 is 5.32 Å². The van der Waals surface area contributed by atoms with Crippen molar-refractivity contribution in [2.45, 2.75) is 52.0 Å². The Labute approximate surface area is 245 Å². The largest absolute Gasteiger partial charge is 0.508 e. The first-order valence-electron chi connectivity index (χ1n) is 13.5. The summed E-state index contributed by atoms with van der Waals surface area (Å²) in [7, 11) is 1.21. The summed E-state index contributed by atoms with van der Waals surface area (Å²) < 4.78 is 15.8. The van der Waals surface area contributed by atoms with Gasteiger partial charge < -0.3 is 24.6 Å². The zero-order valence-corrected chi connectivity index (χ0v) is 23.9.